The normalized spacial score (nSPS) is 32.5. The summed E-state index contributed by atoms with van der Waals surface area (Å²) in [5, 5.41) is 0.329. The van der Waals surface area contributed by atoms with E-state index in [1.807, 2.05) is 47.0 Å². The van der Waals surface area contributed by atoms with E-state index in [0.717, 1.165) is 25.7 Å². The number of Topliss-reactive ketones (excluding diaryl/α,β-unsaturated/α-hetero) is 2. The Bertz CT molecular complexity index is 718. The summed E-state index contributed by atoms with van der Waals surface area (Å²) >= 11 is 14.6. The second-order valence-corrected chi connectivity index (χ2v) is 17.5. The summed E-state index contributed by atoms with van der Waals surface area (Å²) in [6.45, 7) is 8.49. The molecule has 2 nitrogen and oxygen atoms in total. The molecule has 4 rings (SSSR count). The molecule has 4 aliphatic rings. The lowest BCUT2D eigenvalue weighted by molar-refractivity contribution is -0.118. The molecule has 0 saturated heterocycles. The van der Waals surface area contributed by atoms with Crippen LogP contribution in [0.25, 0.3) is 0 Å². The number of hydrogen-bond donors (Lipinski definition) is 0. The van der Waals surface area contributed by atoms with Crippen molar-refractivity contribution in [3.8, 4) is 0 Å². The third kappa shape index (κ3) is 4.91. The molecule has 0 aromatic carbocycles. The molecule has 0 aromatic rings. The number of ketones is 2. The molecule has 4 heterocycles. The van der Waals surface area contributed by atoms with E-state index in [-0.39, 0.29) is 21.0 Å². The Morgan fingerprint density at radius 3 is 0.900 bits per heavy atom. The van der Waals surface area contributed by atoms with Crippen LogP contribution in [0.2, 0.25) is 0 Å². The van der Waals surface area contributed by atoms with Crippen molar-refractivity contribution in [1.29, 1.82) is 0 Å². The topological polar surface area (TPSA) is 34.1 Å². The Labute approximate surface area is 213 Å². The van der Waals surface area contributed by atoms with Crippen LogP contribution in [-0.4, -0.2) is 32.6 Å². The number of carbonyl (C=O) groups is 2. The van der Waals surface area contributed by atoms with E-state index in [1.54, 1.807) is 47.0 Å². The fourth-order valence-corrected chi connectivity index (χ4v) is 16.3. The van der Waals surface area contributed by atoms with Crippen LogP contribution in [0, 0.1) is 0 Å². The summed E-state index contributed by atoms with van der Waals surface area (Å²) in [6, 6.07) is 0. The van der Waals surface area contributed by atoms with E-state index in [1.165, 1.54) is 25.4 Å². The van der Waals surface area contributed by atoms with Crippen molar-refractivity contribution in [2.75, 3.05) is 0 Å². The predicted molar refractivity (Wildman–Crippen MR) is 148 cm³/mol. The molecule has 0 aliphatic carbocycles. The van der Waals surface area contributed by atoms with Gasteiger partial charge in [0, 0.05) is 0 Å². The first-order valence-corrected chi connectivity index (χ1v) is 17.0. The lowest BCUT2D eigenvalue weighted by Gasteiger charge is -2.17. The molecule has 0 bridgehead atoms. The largest absolute Gasteiger partial charge is 0.297 e. The molecule has 10 heteroatoms. The van der Waals surface area contributed by atoms with Crippen LogP contribution in [-0.2, 0) is 9.59 Å². The van der Waals surface area contributed by atoms with Crippen molar-refractivity contribution in [2.45, 2.75) is 74.4 Å². The van der Waals surface area contributed by atoms with E-state index < -0.39 is 0 Å². The van der Waals surface area contributed by atoms with E-state index in [4.69, 9.17) is 0 Å². The molecule has 0 unspecified atom stereocenters. The van der Waals surface area contributed by atoms with Crippen molar-refractivity contribution in [1.82, 2.24) is 0 Å². The van der Waals surface area contributed by atoms with Gasteiger partial charge < -0.3 is 0 Å². The predicted octanol–water partition coefficient (Wildman–Crippen LogP) is 8.54. The van der Waals surface area contributed by atoms with Crippen LogP contribution in [0.5, 0.6) is 0 Å². The third-order valence-electron chi connectivity index (χ3n) is 4.99. The summed E-state index contributed by atoms with van der Waals surface area (Å²) < 4.78 is 7.99. The highest BCUT2D eigenvalue weighted by molar-refractivity contribution is 8.45. The molecule has 0 spiro atoms. The molecule has 4 atom stereocenters. The number of carbonyl (C=O) groups excluding carboxylic acids is 2. The average Bonchev–Trinajstić information content (AvgIpc) is 3.28. The Balaban J connectivity index is 1.53. The first kappa shape index (κ1) is 24.5. The molecule has 0 saturated carbocycles. The summed E-state index contributed by atoms with van der Waals surface area (Å²) in [5.74, 6) is 0.818. The van der Waals surface area contributed by atoms with Gasteiger partial charge in [-0.3, -0.25) is 9.59 Å². The second-order valence-electron chi connectivity index (χ2n) is 7.00. The maximum absolute atomic E-state index is 12.8. The zero-order valence-electron chi connectivity index (χ0n) is 17.2. The van der Waals surface area contributed by atoms with Crippen molar-refractivity contribution in [2.24, 2.45) is 0 Å². The van der Waals surface area contributed by atoms with Gasteiger partial charge in [0.2, 0.25) is 0 Å². The van der Waals surface area contributed by atoms with Crippen LogP contribution in [0.4, 0.5) is 0 Å². The average molecular weight is 553 g/mol. The molecule has 4 aliphatic heterocycles. The summed E-state index contributed by atoms with van der Waals surface area (Å²) in [4.78, 5) is 25.6. The van der Waals surface area contributed by atoms with Crippen LogP contribution in [0.15, 0.2) is 25.4 Å². The fourth-order valence-electron chi connectivity index (χ4n) is 3.30. The Morgan fingerprint density at radius 2 is 0.700 bits per heavy atom. The zero-order valence-corrected chi connectivity index (χ0v) is 23.8. The fraction of sp³-hybridized carbons (Fsp3) is 0.600. The van der Waals surface area contributed by atoms with Gasteiger partial charge in [0.15, 0.2) is 11.6 Å². The maximum Gasteiger partial charge on any atom is 0.159 e. The minimum Gasteiger partial charge on any atom is -0.297 e. The molecule has 0 amide bonds. The third-order valence-corrected chi connectivity index (χ3v) is 17.9. The smallest absolute Gasteiger partial charge is 0.159 e. The number of hydrogen-bond acceptors (Lipinski definition) is 10. The Hall–Kier alpha value is 1.36. The van der Waals surface area contributed by atoms with Gasteiger partial charge in [-0.2, -0.15) is 0 Å². The van der Waals surface area contributed by atoms with Crippen molar-refractivity contribution in [3.63, 3.8) is 0 Å². The Morgan fingerprint density at radius 1 is 0.467 bits per heavy atom. The van der Waals surface area contributed by atoms with Crippen molar-refractivity contribution in [3.05, 3.63) is 25.4 Å². The highest BCUT2D eigenvalue weighted by Crippen LogP contribution is 2.68. The lowest BCUT2D eigenvalue weighted by Crippen LogP contribution is -2.26. The van der Waals surface area contributed by atoms with Gasteiger partial charge in [-0.1, -0.05) is 74.7 Å². The van der Waals surface area contributed by atoms with E-state index in [0.29, 0.717) is 11.6 Å². The highest BCUT2D eigenvalue weighted by atomic mass is 32.3. The molecule has 0 aromatic heterocycles. The van der Waals surface area contributed by atoms with Gasteiger partial charge in [-0.15, -0.1) is 47.0 Å². The lowest BCUT2D eigenvalue weighted by atomic mass is 10.1. The van der Waals surface area contributed by atoms with Crippen LogP contribution in [0.1, 0.15) is 53.4 Å². The van der Waals surface area contributed by atoms with Gasteiger partial charge in [0.25, 0.3) is 0 Å². The van der Waals surface area contributed by atoms with Gasteiger partial charge in [-0.05, 0) is 25.7 Å². The zero-order chi connectivity index (χ0) is 21.4. The van der Waals surface area contributed by atoms with Gasteiger partial charge >= 0.3 is 0 Å². The molecule has 0 fully saturated rings. The molecule has 164 valence electrons. The van der Waals surface area contributed by atoms with E-state index in [9.17, 15) is 9.59 Å². The minimum atomic E-state index is 0.0823. The van der Waals surface area contributed by atoms with Crippen LogP contribution >= 0.6 is 94.1 Å². The first-order valence-electron chi connectivity index (χ1n) is 10.2. The van der Waals surface area contributed by atoms with Gasteiger partial charge in [0.1, 0.15) is 0 Å². The quantitative estimate of drug-likeness (QED) is 0.338. The highest BCUT2D eigenvalue weighted by Gasteiger charge is 2.40. The molecular formula is C20H24O2S8. The Kier molecular flexibility index (Phi) is 8.77. The number of rotatable bonds is 4. The summed E-state index contributed by atoms with van der Waals surface area (Å²) in [7, 11) is 0. The molecule has 0 radical (unpaired) electrons. The molecule has 30 heavy (non-hydrogen) atoms. The SMILES string of the molecule is CC[C@@H]1SC2=C(SC(=C3SC4=C(S3)S[C@H](CC)C(=O)[C@@H](CC)S4)S2)S[C@@H](CC)C1=O. The summed E-state index contributed by atoms with van der Waals surface area (Å²) in [6.07, 6.45) is 3.58. The summed E-state index contributed by atoms with van der Waals surface area (Å²) in [5.41, 5.74) is 0. The standard InChI is InChI=1S/C20H24O2S8/c1-5-9-13(21)10(6-2)24-16-15(23-9)27-19(28-16)20-29-17-18(30-20)26-12(8-4)14(22)11(7-3)25-17/h9-12H,5-8H2,1-4H3/t9-,10-,11+,12+. The van der Waals surface area contributed by atoms with Crippen LogP contribution < -0.4 is 0 Å². The van der Waals surface area contributed by atoms with Crippen molar-refractivity contribution >= 4 is 106 Å². The van der Waals surface area contributed by atoms with Gasteiger partial charge in [0.05, 0.1) is 46.4 Å². The van der Waals surface area contributed by atoms with Crippen molar-refractivity contribution < 1.29 is 9.59 Å². The van der Waals surface area contributed by atoms with E-state index in [2.05, 4.69) is 27.7 Å². The first-order chi connectivity index (χ1) is 14.5. The van der Waals surface area contributed by atoms with E-state index >= 15 is 0 Å². The minimum absolute atomic E-state index is 0.0823. The monoisotopic (exact) mass is 552 g/mol. The second kappa shape index (κ2) is 10.7. The molecular weight excluding hydrogens is 529 g/mol. The van der Waals surface area contributed by atoms with Crippen LogP contribution in [0.3, 0.4) is 0 Å². The maximum atomic E-state index is 12.8. The molecule has 0 N–H and O–H groups in total. The van der Waals surface area contributed by atoms with Gasteiger partial charge in [-0.25, -0.2) is 0 Å². The number of thioether (sulfide) groups is 8.